The molecule has 0 spiro atoms. The summed E-state index contributed by atoms with van der Waals surface area (Å²) >= 11 is 1.89. The van der Waals surface area contributed by atoms with Gasteiger partial charge in [0.15, 0.2) is 0 Å². The van der Waals surface area contributed by atoms with Crippen molar-refractivity contribution >= 4 is 105 Å². The maximum Gasteiger partial charge on any atom is 0.326 e. The lowest BCUT2D eigenvalue weighted by molar-refractivity contribution is -0.154. The minimum absolute atomic E-state index is 0.168. The van der Waals surface area contributed by atoms with Gasteiger partial charge in [0.2, 0.25) is 35.4 Å². The zero-order chi connectivity index (χ0) is 59.2. The number of likely N-dealkylation sites (N-methyl/N-ethyl adjacent to an activating group) is 4. The first-order valence-electron chi connectivity index (χ1n) is 24.7. The number of aliphatic carboxylic acids is 2. The number of aliphatic hydroxyl groups is 2. The lowest BCUT2D eigenvalue weighted by atomic mass is 10.0. The highest BCUT2D eigenvalue weighted by atomic mass is 32.2. The molecular formula is C51H68N12O14S2. The van der Waals surface area contributed by atoms with E-state index >= 15 is 0 Å². The molecule has 0 saturated carbocycles. The molecule has 8 amide bonds. The molecule has 0 aliphatic rings. The van der Waals surface area contributed by atoms with Crippen LogP contribution in [0.3, 0.4) is 0 Å². The van der Waals surface area contributed by atoms with E-state index in [2.05, 4.69) is 41.2 Å². The summed E-state index contributed by atoms with van der Waals surface area (Å²) in [6.45, 7) is 6.99. The second kappa shape index (κ2) is 28.9. The number of para-hydroxylation sites is 4. The maximum atomic E-state index is 14.8. The Morgan fingerprint density at radius 2 is 0.886 bits per heavy atom. The third-order valence-electron chi connectivity index (χ3n) is 12.8. The Balaban J connectivity index is 1.63. The van der Waals surface area contributed by atoms with Crippen LogP contribution in [0.15, 0.2) is 60.9 Å². The van der Waals surface area contributed by atoms with Crippen LogP contribution in [0.1, 0.15) is 62.5 Å². The average Bonchev–Trinajstić information content (AvgIpc) is 3.42. The molecule has 2 aromatic heterocycles. The van der Waals surface area contributed by atoms with E-state index in [0.29, 0.717) is 22.1 Å². The van der Waals surface area contributed by atoms with Crippen LogP contribution in [0.2, 0.25) is 0 Å². The number of fused-ring (bicyclic) bond motifs is 2. The van der Waals surface area contributed by atoms with Crippen molar-refractivity contribution in [3.05, 3.63) is 72.3 Å². The average molecular weight is 1140 g/mol. The Labute approximate surface area is 464 Å². The van der Waals surface area contributed by atoms with Gasteiger partial charge in [-0.2, -0.15) is 0 Å². The van der Waals surface area contributed by atoms with Crippen LogP contribution >= 0.6 is 23.5 Å². The Kier molecular flexibility index (Phi) is 23.4. The summed E-state index contributed by atoms with van der Waals surface area (Å²) in [6, 6.07) is 1.36. The highest BCUT2D eigenvalue weighted by Gasteiger charge is 2.44. The van der Waals surface area contributed by atoms with E-state index in [-0.39, 0.29) is 11.4 Å². The highest BCUT2D eigenvalue weighted by Crippen LogP contribution is 2.32. The number of carbonyl (C=O) groups excluding carboxylic acids is 8. The molecule has 0 saturated heterocycles. The highest BCUT2D eigenvalue weighted by molar-refractivity contribution is 8.16. The van der Waals surface area contributed by atoms with Gasteiger partial charge in [-0.05, 0) is 56.2 Å². The first-order chi connectivity index (χ1) is 37.2. The number of thioether (sulfide) groups is 2. The molecule has 79 heavy (non-hydrogen) atoms. The zero-order valence-corrected chi connectivity index (χ0v) is 47.1. The molecule has 2 heterocycles. The number of aliphatic hydroxyl groups excluding tert-OH is 2. The van der Waals surface area contributed by atoms with E-state index in [0.717, 1.165) is 43.1 Å². The third-order valence-corrected chi connectivity index (χ3v) is 15.6. The maximum absolute atomic E-state index is 14.8. The van der Waals surface area contributed by atoms with Gasteiger partial charge in [0.1, 0.15) is 59.7 Å². The molecule has 0 aliphatic carbocycles. The molecule has 26 nitrogen and oxygen atoms in total. The number of nitrogens with zero attached hydrogens (tertiary/aromatic N) is 8. The molecule has 4 rings (SSSR count). The van der Waals surface area contributed by atoms with E-state index in [1.807, 2.05) is 0 Å². The molecule has 3 unspecified atom stereocenters. The SMILES string of the molecule is CSC(SCC(C(=O)N(C)[C@H](C(=O)O)C(C)C)N(C)C(=O)[C@H](C)NC(=O)[C@@H](CO)NC(=O)c1cnc2ccccc2n1)C(C(=O)N(C)[C@H](C(=O)O)C(C)C)N(C)C(=O)[C@H](C)NC(=O)[C@@H](CO)NC(=O)c1cnc2ccccc2n1. The molecule has 0 radical (unpaired) electrons. The quantitative estimate of drug-likeness (QED) is 0.0355. The Bertz CT molecular complexity index is 2900. The van der Waals surface area contributed by atoms with E-state index in [1.165, 1.54) is 54.4 Å². The number of carboxylic acids is 2. The predicted octanol–water partition coefficient (Wildman–Crippen LogP) is -0.324. The van der Waals surface area contributed by atoms with E-state index < -0.39 is 143 Å². The fourth-order valence-corrected chi connectivity index (χ4v) is 11.0. The van der Waals surface area contributed by atoms with Crippen molar-refractivity contribution in [1.82, 2.24) is 60.8 Å². The molecule has 28 heteroatoms. The van der Waals surface area contributed by atoms with Crippen LogP contribution < -0.4 is 21.3 Å². The zero-order valence-electron chi connectivity index (χ0n) is 45.5. The minimum Gasteiger partial charge on any atom is -0.480 e. The second-order valence-electron chi connectivity index (χ2n) is 19.1. The summed E-state index contributed by atoms with van der Waals surface area (Å²) < 4.78 is -1.11. The first-order valence-corrected chi connectivity index (χ1v) is 27.1. The van der Waals surface area contributed by atoms with Crippen molar-refractivity contribution in [2.75, 3.05) is 53.4 Å². The number of carbonyl (C=O) groups is 10. The van der Waals surface area contributed by atoms with Crippen molar-refractivity contribution in [3.8, 4) is 0 Å². The summed E-state index contributed by atoms with van der Waals surface area (Å²) in [7, 11) is 4.92. The fraction of sp³-hybridized carbons (Fsp3) is 0.490. The fourth-order valence-electron chi connectivity index (χ4n) is 8.44. The summed E-state index contributed by atoms with van der Waals surface area (Å²) in [5.41, 5.74) is 1.44. The normalized spacial score (nSPS) is 14.8. The lowest BCUT2D eigenvalue weighted by Crippen LogP contribution is -2.61. The van der Waals surface area contributed by atoms with Crippen molar-refractivity contribution in [1.29, 1.82) is 0 Å². The first kappa shape index (κ1) is 64.0. The van der Waals surface area contributed by atoms with Crippen LogP contribution in [0, 0.1) is 11.8 Å². The number of carboxylic acid groups (broad SMARTS) is 2. The summed E-state index contributed by atoms with van der Waals surface area (Å²) in [5.74, 6) is -11.7. The van der Waals surface area contributed by atoms with Crippen molar-refractivity contribution < 1.29 is 68.4 Å². The van der Waals surface area contributed by atoms with Crippen molar-refractivity contribution in [2.24, 2.45) is 11.8 Å². The standard InChI is InChI=1S/C51H68N12O14S2/c1-25(2)38(49(74)75)61(8)47(72)37(60(7)45(70)27(5)54-43(68)35(22-64)58-41(66)33-20-52-29-16-12-14-18-31(29)56-33)24-79-51(78-11)40(48(73)62(9)39(26(3)4)50(76)77)63(10)46(71)28(6)55-44(69)36(23-65)59-42(67)34-21-53-30-17-13-15-19-32(30)57-34/h12-21,25-28,35-40,51,64-65H,22-24H2,1-11H3,(H,54,68)(H,55,69)(H,58,66)(H,59,67)(H,74,75)(H,76,77)/t27-,28-,35+,36+,37?,38-,39-,40?,51?/m0/s1. The van der Waals surface area contributed by atoms with E-state index in [4.69, 9.17) is 0 Å². The molecule has 428 valence electrons. The van der Waals surface area contributed by atoms with Gasteiger partial charge in [-0.15, -0.1) is 23.5 Å². The molecule has 0 fully saturated rings. The lowest BCUT2D eigenvalue weighted by Gasteiger charge is -2.39. The Hall–Kier alpha value is -7.56. The van der Waals surface area contributed by atoms with Gasteiger partial charge < -0.3 is 61.3 Å². The summed E-state index contributed by atoms with van der Waals surface area (Å²) in [6.07, 6.45) is 3.93. The minimum atomic E-state index is -1.60. The molecule has 0 aliphatic heterocycles. The molecular weight excluding hydrogens is 1070 g/mol. The van der Waals surface area contributed by atoms with Gasteiger partial charge in [0.05, 0.1) is 52.3 Å². The second-order valence-corrected chi connectivity index (χ2v) is 21.6. The van der Waals surface area contributed by atoms with Crippen LogP contribution in [0.25, 0.3) is 22.1 Å². The molecule has 8 N–H and O–H groups in total. The molecule has 2 aromatic carbocycles. The van der Waals surface area contributed by atoms with Gasteiger partial charge in [0, 0.05) is 33.9 Å². The van der Waals surface area contributed by atoms with Crippen LogP contribution in [-0.2, 0) is 38.4 Å². The molecule has 4 aromatic rings. The van der Waals surface area contributed by atoms with Crippen molar-refractivity contribution in [2.45, 2.75) is 94.5 Å². The van der Waals surface area contributed by atoms with Gasteiger partial charge >= 0.3 is 11.9 Å². The number of hydrogen-bond acceptors (Lipinski definition) is 18. The van der Waals surface area contributed by atoms with Gasteiger partial charge in [-0.1, -0.05) is 52.0 Å². The van der Waals surface area contributed by atoms with E-state index in [1.54, 1.807) is 82.5 Å². The number of rotatable bonds is 27. The number of benzene rings is 2. The monoisotopic (exact) mass is 1140 g/mol. The number of aromatic nitrogens is 4. The summed E-state index contributed by atoms with van der Waals surface area (Å²) in [5, 5.41) is 50.4. The number of hydrogen-bond donors (Lipinski definition) is 8. The Morgan fingerprint density at radius 3 is 1.25 bits per heavy atom. The Morgan fingerprint density at radius 1 is 0.519 bits per heavy atom. The van der Waals surface area contributed by atoms with E-state index in [9.17, 15) is 68.4 Å². The van der Waals surface area contributed by atoms with Crippen molar-refractivity contribution in [3.63, 3.8) is 0 Å². The molecule has 9 atom stereocenters. The number of amides is 8. The smallest absolute Gasteiger partial charge is 0.326 e. The van der Waals surface area contributed by atoms with Crippen LogP contribution in [-0.4, -0.2) is 225 Å². The number of nitrogens with one attached hydrogen (secondary N) is 4. The van der Waals surface area contributed by atoms with Gasteiger partial charge in [0.25, 0.3) is 11.8 Å². The van der Waals surface area contributed by atoms with Gasteiger partial charge in [-0.3, -0.25) is 48.3 Å². The van der Waals surface area contributed by atoms with Crippen LogP contribution in [0.5, 0.6) is 0 Å². The third kappa shape index (κ3) is 16.0. The molecule has 0 bridgehead atoms. The predicted molar refractivity (Wildman–Crippen MR) is 292 cm³/mol. The largest absolute Gasteiger partial charge is 0.480 e. The topological polar surface area (TPSA) is 364 Å². The van der Waals surface area contributed by atoms with Crippen LogP contribution in [0.4, 0.5) is 0 Å². The summed E-state index contributed by atoms with van der Waals surface area (Å²) in [4.78, 5) is 157. The van der Waals surface area contributed by atoms with Gasteiger partial charge in [-0.25, -0.2) is 19.6 Å².